The lowest BCUT2D eigenvalue weighted by Gasteiger charge is -2.37. The van der Waals surface area contributed by atoms with Crippen LogP contribution >= 0.6 is 0 Å². The maximum absolute atomic E-state index is 5.27. The molecule has 4 heteroatoms. The molecule has 1 unspecified atom stereocenters. The quantitative estimate of drug-likeness (QED) is 0.660. The van der Waals surface area contributed by atoms with E-state index in [0.29, 0.717) is 6.04 Å². The third-order valence-corrected chi connectivity index (χ3v) is 5.30. The molecule has 0 N–H and O–H groups in total. The molecule has 2 aromatic carbocycles. The highest BCUT2D eigenvalue weighted by Crippen LogP contribution is 2.32. The van der Waals surface area contributed by atoms with Crippen LogP contribution < -0.4 is 9.64 Å². The zero-order valence-electron chi connectivity index (χ0n) is 15.5. The van der Waals surface area contributed by atoms with E-state index in [1.165, 1.54) is 19.3 Å². The number of para-hydroxylation sites is 1. The Bertz CT molecular complexity index is 892. The lowest BCUT2D eigenvalue weighted by Crippen LogP contribution is -2.39. The number of hydrogen-bond donors (Lipinski definition) is 0. The summed E-state index contributed by atoms with van der Waals surface area (Å²) in [6.07, 6.45) is 4.93. The summed E-state index contributed by atoms with van der Waals surface area (Å²) in [5.74, 6) is 2.70. The summed E-state index contributed by atoms with van der Waals surface area (Å²) in [4.78, 5) is 12.4. The normalized spacial score (nSPS) is 17.5. The summed E-state index contributed by atoms with van der Waals surface area (Å²) in [5.41, 5.74) is 2.02. The first-order valence-corrected chi connectivity index (χ1v) is 9.48. The molecule has 0 saturated carbocycles. The minimum absolute atomic E-state index is 0.561. The maximum atomic E-state index is 5.27. The molecule has 1 aliphatic heterocycles. The van der Waals surface area contributed by atoms with Gasteiger partial charge in [-0.05, 0) is 62.1 Å². The summed E-state index contributed by atoms with van der Waals surface area (Å²) >= 11 is 0. The molecule has 3 aromatic rings. The van der Waals surface area contributed by atoms with Crippen LogP contribution in [0.1, 0.15) is 32.6 Å². The van der Waals surface area contributed by atoms with Gasteiger partial charge in [-0.2, -0.15) is 0 Å². The van der Waals surface area contributed by atoms with E-state index in [9.17, 15) is 0 Å². The number of ether oxygens (including phenoxy) is 1. The van der Waals surface area contributed by atoms with Crippen LogP contribution in [-0.2, 0) is 0 Å². The highest BCUT2D eigenvalue weighted by atomic mass is 16.5. The predicted molar refractivity (Wildman–Crippen MR) is 107 cm³/mol. The second-order valence-corrected chi connectivity index (χ2v) is 6.87. The van der Waals surface area contributed by atoms with Gasteiger partial charge in [-0.1, -0.05) is 19.1 Å². The van der Waals surface area contributed by atoms with Crippen molar-refractivity contribution in [2.45, 2.75) is 38.6 Å². The third-order valence-electron chi connectivity index (χ3n) is 5.30. The summed E-state index contributed by atoms with van der Waals surface area (Å²) in [7, 11) is 1.68. The topological polar surface area (TPSA) is 38.2 Å². The number of aromatic nitrogens is 2. The Hall–Kier alpha value is -2.62. The first-order valence-electron chi connectivity index (χ1n) is 9.48. The summed E-state index contributed by atoms with van der Waals surface area (Å²) in [5, 5.41) is 1.14. The van der Waals surface area contributed by atoms with Crippen LogP contribution in [0.15, 0.2) is 48.5 Å². The molecule has 1 aromatic heterocycles. The highest BCUT2D eigenvalue weighted by molar-refractivity contribution is 5.91. The van der Waals surface area contributed by atoms with E-state index in [1.54, 1.807) is 7.11 Å². The van der Waals surface area contributed by atoms with E-state index in [0.717, 1.165) is 46.8 Å². The number of piperidine rings is 1. The van der Waals surface area contributed by atoms with Crippen molar-refractivity contribution in [3.05, 3.63) is 48.5 Å². The SMILES string of the molecule is CCC1CCCCN1c1nc(-c2ccc(OC)cc2)nc2ccccc12. The minimum atomic E-state index is 0.561. The van der Waals surface area contributed by atoms with E-state index in [1.807, 2.05) is 30.3 Å². The van der Waals surface area contributed by atoms with E-state index >= 15 is 0 Å². The zero-order chi connectivity index (χ0) is 17.9. The van der Waals surface area contributed by atoms with Crippen molar-refractivity contribution in [2.24, 2.45) is 0 Å². The molecule has 0 bridgehead atoms. The van der Waals surface area contributed by atoms with E-state index in [-0.39, 0.29) is 0 Å². The van der Waals surface area contributed by atoms with Crippen LogP contribution in [-0.4, -0.2) is 29.7 Å². The fourth-order valence-corrected chi connectivity index (χ4v) is 3.85. The molecule has 26 heavy (non-hydrogen) atoms. The van der Waals surface area contributed by atoms with Crippen molar-refractivity contribution < 1.29 is 4.74 Å². The van der Waals surface area contributed by atoms with Gasteiger partial charge in [0.05, 0.1) is 12.6 Å². The molecule has 134 valence electrons. The molecule has 0 aliphatic carbocycles. The van der Waals surface area contributed by atoms with Crippen LogP contribution in [0.5, 0.6) is 5.75 Å². The standard InChI is InChI=1S/C22H25N3O/c1-3-17-8-6-7-15-25(17)22-19-9-4-5-10-20(19)23-21(24-22)16-11-13-18(26-2)14-12-16/h4-5,9-14,17H,3,6-8,15H2,1-2H3. The number of rotatable bonds is 4. The Kier molecular flexibility index (Phi) is 4.74. The number of anilines is 1. The molecule has 4 rings (SSSR count). The number of fused-ring (bicyclic) bond motifs is 1. The number of hydrogen-bond acceptors (Lipinski definition) is 4. The predicted octanol–water partition coefficient (Wildman–Crippen LogP) is 5.07. The van der Waals surface area contributed by atoms with Gasteiger partial charge in [0.1, 0.15) is 11.6 Å². The van der Waals surface area contributed by atoms with Gasteiger partial charge in [-0.25, -0.2) is 9.97 Å². The smallest absolute Gasteiger partial charge is 0.162 e. The minimum Gasteiger partial charge on any atom is -0.497 e. The van der Waals surface area contributed by atoms with Crippen LogP contribution in [0.2, 0.25) is 0 Å². The van der Waals surface area contributed by atoms with E-state index < -0.39 is 0 Å². The number of nitrogens with zero attached hydrogens (tertiary/aromatic N) is 3. The Morgan fingerprint density at radius 3 is 2.62 bits per heavy atom. The Morgan fingerprint density at radius 1 is 1.04 bits per heavy atom. The zero-order valence-corrected chi connectivity index (χ0v) is 15.5. The van der Waals surface area contributed by atoms with Crippen molar-refractivity contribution >= 4 is 16.7 Å². The van der Waals surface area contributed by atoms with Crippen LogP contribution in [0, 0.1) is 0 Å². The van der Waals surface area contributed by atoms with Gasteiger partial charge in [0.15, 0.2) is 5.82 Å². The number of methoxy groups -OCH3 is 1. The first-order chi connectivity index (χ1) is 12.8. The monoisotopic (exact) mass is 347 g/mol. The first kappa shape index (κ1) is 16.8. The Balaban J connectivity index is 1.85. The third kappa shape index (κ3) is 3.12. The molecule has 0 amide bonds. The molecule has 1 fully saturated rings. The van der Waals surface area contributed by atoms with Crippen molar-refractivity contribution in [3.63, 3.8) is 0 Å². The lowest BCUT2D eigenvalue weighted by molar-refractivity contribution is 0.415. The Morgan fingerprint density at radius 2 is 1.85 bits per heavy atom. The largest absolute Gasteiger partial charge is 0.497 e. The van der Waals surface area contributed by atoms with E-state index in [2.05, 4.69) is 30.0 Å². The van der Waals surface area contributed by atoms with Crippen LogP contribution in [0.25, 0.3) is 22.3 Å². The van der Waals surface area contributed by atoms with E-state index in [4.69, 9.17) is 14.7 Å². The summed E-state index contributed by atoms with van der Waals surface area (Å²) < 4.78 is 5.27. The van der Waals surface area contributed by atoms with Gasteiger partial charge in [-0.15, -0.1) is 0 Å². The fraction of sp³-hybridized carbons (Fsp3) is 0.364. The van der Waals surface area contributed by atoms with Crippen molar-refractivity contribution in [1.82, 2.24) is 9.97 Å². The highest BCUT2D eigenvalue weighted by Gasteiger charge is 2.24. The van der Waals surface area contributed by atoms with Crippen LogP contribution in [0.3, 0.4) is 0 Å². The van der Waals surface area contributed by atoms with Crippen LogP contribution in [0.4, 0.5) is 5.82 Å². The molecule has 0 spiro atoms. The number of benzene rings is 2. The second kappa shape index (κ2) is 7.32. The maximum Gasteiger partial charge on any atom is 0.162 e. The van der Waals surface area contributed by atoms with Gasteiger partial charge in [0.25, 0.3) is 0 Å². The van der Waals surface area contributed by atoms with Gasteiger partial charge in [0, 0.05) is 23.5 Å². The summed E-state index contributed by atoms with van der Waals surface area (Å²) in [6.45, 7) is 3.35. The van der Waals surface area contributed by atoms with Crippen molar-refractivity contribution in [3.8, 4) is 17.1 Å². The molecule has 1 atom stereocenters. The Labute approximate surface area is 154 Å². The average molecular weight is 347 g/mol. The van der Waals surface area contributed by atoms with Crippen molar-refractivity contribution in [2.75, 3.05) is 18.6 Å². The summed E-state index contributed by atoms with van der Waals surface area (Å²) in [6, 6.07) is 16.9. The fourth-order valence-electron chi connectivity index (χ4n) is 3.85. The molecule has 4 nitrogen and oxygen atoms in total. The second-order valence-electron chi connectivity index (χ2n) is 6.87. The van der Waals surface area contributed by atoms with Crippen molar-refractivity contribution in [1.29, 1.82) is 0 Å². The molecular formula is C22H25N3O. The van der Waals surface area contributed by atoms with Gasteiger partial charge in [0.2, 0.25) is 0 Å². The molecular weight excluding hydrogens is 322 g/mol. The molecule has 1 aliphatic rings. The average Bonchev–Trinajstić information content (AvgIpc) is 2.73. The molecule has 1 saturated heterocycles. The molecule has 0 radical (unpaired) electrons. The van der Waals surface area contributed by atoms with Gasteiger partial charge < -0.3 is 9.64 Å². The van der Waals surface area contributed by atoms with Gasteiger partial charge >= 0.3 is 0 Å². The molecule has 2 heterocycles. The van der Waals surface area contributed by atoms with Gasteiger partial charge in [-0.3, -0.25) is 0 Å². The lowest BCUT2D eigenvalue weighted by atomic mass is 9.99.